The Balaban J connectivity index is 2.50. The van der Waals surface area contributed by atoms with Crippen LogP contribution >= 0.6 is 11.1 Å². The van der Waals surface area contributed by atoms with Crippen molar-refractivity contribution < 1.29 is 0 Å². The Hall–Kier alpha value is -0.0994. The van der Waals surface area contributed by atoms with Crippen molar-refractivity contribution in [3.05, 3.63) is 44.6 Å². The van der Waals surface area contributed by atoms with E-state index in [1.54, 1.807) is 33.4 Å². The number of halogens is 1. The lowest BCUT2D eigenvalue weighted by molar-refractivity contribution is 0.953. The number of hydrogen-bond donors (Lipinski definition) is 0. The highest BCUT2D eigenvalue weighted by molar-refractivity contribution is 6.95. The summed E-state index contributed by atoms with van der Waals surface area (Å²) in [6.07, 6.45) is 0. The minimum absolute atomic E-state index is 0.594. The highest BCUT2D eigenvalue weighted by Crippen LogP contribution is 2.53. The largest absolute Gasteiger partial charge is 0.175 e. The highest BCUT2D eigenvalue weighted by Gasteiger charge is 2.36. The second-order valence-corrected chi connectivity index (χ2v) is 11.3. The molecule has 4 heteroatoms. The molecule has 116 valence electrons. The molecule has 0 saturated heterocycles. The zero-order valence-corrected chi connectivity index (χ0v) is 21.0. The maximum absolute atomic E-state index is 6.64. The van der Waals surface area contributed by atoms with Crippen LogP contribution in [0.2, 0.25) is 16.6 Å². The first-order valence-electron chi connectivity index (χ1n) is 8.06. The first-order valence-corrected chi connectivity index (χ1v) is 13.3. The first kappa shape index (κ1) is 17.3. The van der Waals surface area contributed by atoms with Crippen LogP contribution in [0.4, 0.5) is 0 Å². The van der Waals surface area contributed by atoms with Crippen LogP contribution in [0.5, 0.6) is 0 Å². The molecule has 0 aromatic heterocycles. The van der Waals surface area contributed by atoms with E-state index in [9.17, 15) is 0 Å². The molecule has 21 heavy (non-hydrogen) atoms. The van der Waals surface area contributed by atoms with Crippen LogP contribution < -0.4 is 0 Å². The van der Waals surface area contributed by atoms with Gasteiger partial charge < -0.3 is 0 Å². The Bertz CT molecular complexity index is 556. The van der Waals surface area contributed by atoms with Crippen LogP contribution in [0.1, 0.15) is 41.5 Å². The fourth-order valence-corrected chi connectivity index (χ4v) is 10.4. The lowest BCUT2D eigenvalue weighted by Crippen LogP contribution is -2.14. The summed E-state index contributed by atoms with van der Waals surface area (Å²) < 4.78 is 0. The molecule has 0 aromatic rings. The van der Waals surface area contributed by atoms with Crippen molar-refractivity contribution in [3.63, 3.8) is 0 Å². The second kappa shape index (κ2) is 6.19. The molecule has 0 nitrogen and oxygen atoms in total. The van der Waals surface area contributed by atoms with Crippen LogP contribution in [-0.2, 0) is 0 Å². The van der Waals surface area contributed by atoms with E-state index >= 15 is 0 Å². The Morgan fingerprint density at radius 3 is 1.29 bits per heavy atom. The summed E-state index contributed by atoms with van der Waals surface area (Å²) in [7, 11) is 1.84. The molecule has 2 rings (SSSR count). The summed E-state index contributed by atoms with van der Waals surface area (Å²) in [4.78, 5) is 0. The van der Waals surface area contributed by atoms with Gasteiger partial charge in [0.25, 0.3) is 0 Å². The summed E-state index contributed by atoms with van der Waals surface area (Å²) in [6, 6.07) is 0. The predicted molar refractivity (Wildman–Crippen MR) is 108 cm³/mol. The van der Waals surface area contributed by atoms with E-state index in [4.69, 9.17) is 11.1 Å². The van der Waals surface area contributed by atoms with Crippen molar-refractivity contribution >= 4 is 40.4 Å². The molecule has 2 aliphatic carbocycles. The van der Waals surface area contributed by atoms with Gasteiger partial charge in [0, 0.05) is 26.0 Å². The summed E-state index contributed by atoms with van der Waals surface area (Å²) in [5, 5.41) is 0. The summed E-state index contributed by atoms with van der Waals surface area (Å²) >= 11 is 6.64. The van der Waals surface area contributed by atoms with Crippen molar-refractivity contribution in [1.29, 1.82) is 0 Å². The van der Waals surface area contributed by atoms with Gasteiger partial charge in [0.05, 0.1) is 0 Å². The fraction of sp³-hybridized carbons (Fsp3) is 0.529. The molecule has 0 aromatic carbocycles. The zero-order chi connectivity index (χ0) is 16.1. The monoisotopic (exact) mass is 352 g/mol. The molecule has 0 fully saturated rings. The Kier molecular flexibility index (Phi) is 5.08. The van der Waals surface area contributed by atoms with Crippen LogP contribution in [0.25, 0.3) is 0 Å². The number of rotatable bonds is 3. The van der Waals surface area contributed by atoms with Gasteiger partial charge in [-0.1, -0.05) is 22.3 Å². The molecule has 2 aliphatic rings. The summed E-state index contributed by atoms with van der Waals surface area (Å²) in [5.41, 5.74) is 14.9. The maximum atomic E-state index is 6.64. The van der Waals surface area contributed by atoms with Crippen LogP contribution in [0.3, 0.4) is 0 Å². The van der Waals surface area contributed by atoms with Gasteiger partial charge in [-0.3, -0.25) is 0 Å². The van der Waals surface area contributed by atoms with E-state index in [0.29, 0.717) is 5.54 Å². The third-order valence-corrected chi connectivity index (χ3v) is 11.4. The SMILES string of the molecule is CC1=C(C)C([SiH3])C(C([SiH2]Cl)C2=C(C)C(C)=C(C)C2[SiH3])=C1C. The van der Waals surface area contributed by atoms with E-state index in [0.717, 1.165) is 11.1 Å². The van der Waals surface area contributed by atoms with E-state index < -0.39 is 8.83 Å². The number of allylic oxidation sites excluding steroid dienone is 8. The van der Waals surface area contributed by atoms with Gasteiger partial charge in [0.1, 0.15) is 8.83 Å². The van der Waals surface area contributed by atoms with Crippen molar-refractivity contribution in [1.82, 2.24) is 0 Å². The van der Waals surface area contributed by atoms with Crippen LogP contribution in [-0.4, -0.2) is 29.3 Å². The zero-order valence-electron chi connectivity index (χ0n) is 14.8. The smallest absolute Gasteiger partial charge is 0.136 e. The number of hydrogen-bond acceptors (Lipinski definition) is 0. The average molecular weight is 353 g/mol. The Morgan fingerprint density at radius 1 is 0.762 bits per heavy atom. The van der Waals surface area contributed by atoms with Crippen molar-refractivity contribution in [2.45, 2.75) is 58.2 Å². The molecular formula is C17H29ClSi3. The van der Waals surface area contributed by atoms with Gasteiger partial charge in [-0.05, 0) is 74.9 Å². The van der Waals surface area contributed by atoms with Crippen LogP contribution in [0.15, 0.2) is 44.6 Å². The molecule has 0 saturated carbocycles. The van der Waals surface area contributed by atoms with E-state index in [1.165, 1.54) is 31.6 Å². The second-order valence-electron chi connectivity index (χ2n) is 6.93. The molecule has 0 spiro atoms. The molecular weight excluding hydrogens is 324 g/mol. The standard InChI is InChI=1S/C17H29ClSi3/c1-7-9(3)13(15(19)11(7)5)17(21-18)14-10(4)8(2)12(6)16(14)20/h15-17H,21H2,1-6,19-20H3. The molecule has 0 radical (unpaired) electrons. The molecule has 0 aliphatic heterocycles. The van der Waals surface area contributed by atoms with Gasteiger partial charge in [0.2, 0.25) is 0 Å². The highest BCUT2D eigenvalue weighted by atomic mass is 35.6. The quantitative estimate of drug-likeness (QED) is 0.541. The van der Waals surface area contributed by atoms with Gasteiger partial charge in [-0.2, -0.15) is 11.1 Å². The summed E-state index contributed by atoms with van der Waals surface area (Å²) in [5.74, 6) is 0. The Morgan fingerprint density at radius 2 is 1.10 bits per heavy atom. The van der Waals surface area contributed by atoms with Gasteiger partial charge in [-0.25, -0.2) is 0 Å². The molecule has 0 amide bonds. The average Bonchev–Trinajstić information content (AvgIpc) is 2.77. The lowest BCUT2D eigenvalue weighted by atomic mass is 9.95. The first-order chi connectivity index (χ1) is 9.73. The molecule has 0 heterocycles. The minimum atomic E-state index is -0.601. The van der Waals surface area contributed by atoms with Gasteiger partial charge >= 0.3 is 0 Å². The maximum Gasteiger partial charge on any atom is 0.136 e. The van der Waals surface area contributed by atoms with Gasteiger partial charge in [-0.15, -0.1) is 0 Å². The molecule has 2 unspecified atom stereocenters. The van der Waals surface area contributed by atoms with E-state index in [-0.39, 0.29) is 0 Å². The van der Waals surface area contributed by atoms with Crippen molar-refractivity contribution in [2.75, 3.05) is 0 Å². The predicted octanol–water partition coefficient (Wildman–Crippen LogP) is 2.74. The molecule has 0 N–H and O–H groups in total. The van der Waals surface area contributed by atoms with Crippen molar-refractivity contribution in [2.24, 2.45) is 0 Å². The molecule has 2 atom stereocenters. The van der Waals surface area contributed by atoms with Crippen LogP contribution in [0, 0.1) is 0 Å². The normalized spacial score (nSPS) is 29.3. The van der Waals surface area contributed by atoms with E-state index in [2.05, 4.69) is 41.5 Å². The fourth-order valence-electron chi connectivity index (χ4n) is 4.25. The van der Waals surface area contributed by atoms with E-state index in [1.807, 2.05) is 0 Å². The lowest BCUT2D eigenvalue weighted by Gasteiger charge is -2.27. The third kappa shape index (κ3) is 2.56. The summed E-state index contributed by atoms with van der Waals surface area (Å²) in [6.45, 7) is 13.9. The molecule has 0 bridgehead atoms. The minimum Gasteiger partial charge on any atom is -0.175 e. The van der Waals surface area contributed by atoms with Crippen molar-refractivity contribution in [3.8, 4) is 0 Å². The van der Waals surface area contributed by atoms with Gasteiger partial charge in [0.15, 0.2) is 0 Å². The Labute approximate surface area is 143 Å². The topological polar surface area (TPSA) is 0 Å². The third-order valence-electron chi connectivity index (χ3n) is 6.31.